The number of carbonyl (C=O) groups excluding carboxylic acids is 2. The molecule has 0 amide bonds. The van der Waals surface area contributed by atoms with Gasteiger partial charge in [-0.3, -0.25) is 0 Å². The number of benzene rings is 2. The van der Waals surface area contributed by atoms with Crippen molar-refractivity contribution in [2.45, 2.75) is 12.7 Å². The highest BCUT2D eigenvalue weighted by atomic mass is 35.5. The fourth-order valence-corrected chi connectivity index (χ4v) is 2.42. The van der Waals surface area contributed by atoms with Gasteiger partial charge < -0.3 is 10.1 Å². The van der Waals surface area contributed by atoms with E-state index in [9.17, 15) is 22.8 Å². The molecular weight excluding hydrogens is 389 g/mol. The van der Waals surface area contributed by atoms with E-state index in [4.69, 9.17) is 11.6 Å². The molecule has 140 valence electrons. The first-order valence-electron chi connectivity index (χ1n) is 7.40. The van der Waals surface area contributed by atoms with E-state index < -0.39 is 23.8 Å². The summed E-state index contributed by atoms with van der Waals surface area (Å²) in [4.78, 5) is 22.5. The molecule has 11 heteroatoms. The Morgan fingerprint density at radius 2 is 1.81 bits per heavy atom. The molecular formula is C16H10ClF3N4O3. The van der Waals surface area contributed by atoms with E-state index in [0.29, 0.717) is 10.7 Å². The first-order chi connectivity index (χ1) is 12.7. The summed E-state index contributed by atoms with van der Waals surface area (Å²) in [5.41, 5.74) is 0.136. The molecule has 0 aliphatic rings. The minimum atomic E-state index is -5.29. The van der Waals surface area contributed by atoms with Crippen molar-refractivity contribution in [3.8, 4) is 0 Å². The molecule has 7 nitrogen and oxygen atoms in total. The van der Waals surface area contributed by atoms with Crippen molar-refractivity contribution >= 4 is 40.0 Å². The highest BCUT2D eigenvalue weighted by molar-refractivity contribution is 6.31. The molecule has 0 saturated heterocycles. The third-order valence-electron chi connectivity index (χ3n) is 3.49. The number of aromatic amines is 1. The number of hydrogen-bond donors (Lipinski definition) is 2. The van der Waals surface area contributed by atoms with E-state index in [1.54, 1.807) is 18.2 Å². The molecule has 0 atom stereocenters. The van der Waals surface area contributed by atoms with Crippen LogP contribution in [-0.2, 0) is 16.1 Å². The average molecular weight is 399 g/mol. The van der Waals surface area contributed by atoms with E-state index in [-0.39, 0.29) is 12.2 Å². The van der Waals surface area contributed by atoms with E-state index in [1.807, 2.05) is 18.2 Å². The fraction of sp³-hybridized carbons (Fsp3) is 0.125. The number of alkyl halides is 3. The quantitative estimate of drug-likeness (QED) is 0.516. The molecule has 2 aromatic carbocycles. The Labute approximate surface area is 154 Å². The molecule has 0 saturated carbocycles. The first kappa shape index (κ1) is 18.6. The number of nitrogens with zero attached hydrogens (tertiary/aromatic N) is 2. The van der Waals surface area contributed by atoms with E-state index >= 15 is 0 Å². The summed E-state index contributed by atoms with van der Waals surface area (Å²) in [6.07, 6.45) is -5.29. The number of rotatable bonds is 4. The first-order valence-corrected chi connectivity index (χ1v) is 7.78. The number of carbonyl (C=O) groups is 2. The highest BCUT2D eigenvalue weighted by Crippen LogP contribution is 2.23. The summed E-state index contributed by atoms with van der Waals surface area (Å²) >= 11 is 5.93. The van der Waals surface area contributed by atoms with E-state index in [2.05, 4.69) is 25.5 Å². The van der Waals surface area contributed by atoms with Gasteiger partial charge in [-0.05, 0) is 35.0 Å². The molecule has 27 heavy (non-hydrogen) atoms. The van der Waals surface area contributed by atoms with Crippen LogP contribution in [0.1, 0.15) is 16.2 Å². The van der Waals surface area contributed by atoms with E-state index in [0.717, 1.165) is 10.8 Å². The Bertz CT molecular complexity index is 1020. The second-order valence-electron chi connectivity index (χ2n) is 5.35. The third-order valence-corrected chi connectivity index (χ3v) is 3.73. The maximum absolute atomic E-state index is 12.2. The summed E-state index contributed by atoms with van der Waals surface area (Å²) in [7, 11) is 0. The number of halogens is 4. The smallest absolute Gasteiger partial charge is 0.381 e. The van der Waals surface area contributed by atoms with Gasteiger partial charge in [-0.25, -0.2) is 9.59 Å². The topological polar surface area (TPSA) is 97.0 Å². The number of fused-ring (bicyclic) bond motifs is 1. The lowest BCUT2D eigenvalue weighted by atomic mass is 10.1. The maximum atomic E-state index is 12.2. The molecule has 0 aliphatic heterocycles. The molecule has 3 rings (SSSR count). The van der Waals surface area contributed by atoms with Crippen LogP contribution in [0.4, 0.5) is 18.9 Å². The van der Waals surface area contributed by atoms with Gasteiger partial charge in [0, 0.05) is 10.7 Å². The molecule has 3 aromatic rings. The van der Waals surface area contributed by atoms with Gasteiger partial charge in [-0.1, -0.05) is 23.7 Å². The second kappa shape index (κ2) is 7.23. The van der Waals surface area contributed by atoms with Crippen LogP contribution in [0.3, 0.4) is 0 Å². The molecule has 1 aromatic heterocycles. The zero-order valence-electron chi connectivity index (χ0n) is 13.3. The van der Waals surface area contributed by atoms with Gasteiger partial charge in [0.25, 0.3) is 0 Å². The SMILES string of the molecule is O=C(OC(=O)C(F)(F)F)c1n[nH]nc1CNc1ccc2cc(Cl)ccc2c1. The Kier molecular flexibility index (Phi) is 5.00. The maximum Gasteiger partial charge on any atom is 0.491 e. The van der Waals surface area contributed by atoms with Crippen LogP contribution in [0.2, 0.25) is 5.02 Å². The normalized spacial score (nSPS) is 11.4. The van der Waals surface area contributed by atoms with Crippen LogP contribution in [0.15, 0.2) is 36.4 Å². The number of H-pyrrole nitrogens is 1. The number of ether oxygens (including phenoxy) is 1. The van der Waals surface area contributed by atoms with Crippen molar-refractivity contribution < 1.29 is 27.5 Å². The largest absolute Gasteiger partial charge is 0.491 e. The van der Waals surface area contributed by atoms with Crippen LogP contribution in [0.5, 0.6) is 0 Å². The predicted octanol–water partition coefficient (Wildman–Crippen LogP) is 3.47. The Balaban J connectivity index is 1.71. The van der Waals surface area contributed by atoms with E-state index in [1.165, 1.54) is 0 Å². The van der Waals surface area contributed by atoms with Crippen molar-refractivity contribution in [2.24, 2.45) is 0 Å². The lowest BCUT2D eigenvalue weighted by Crippen LogP contribution is -2.28. The van der Waals surface area contributed by atoms with Gasteiger partial charge in [-0.15, -0.1) is 5.10 Å². The Morgan fingerprint density at radius 1 is 1.11 bits per heavy atom. The molecule has 0 unspecified atom stereocenters. The van der Waals surface area contributed by atoms with Crippen molar-refractivity contribution in [1.29, 1.82) is 0 Å². The molecule has 2 N–H and O–H groups in total. The summed E-state index contributed by atoms with van der Waals surface area (Å²) in [5, 5.41) is 14.6. The van der Waals surface area contributed by atoms with Gasteiger partial charge in [0.15, 0.2) is 5.69 Å². The summed E-state index contributed by atoms with van der Waals surface area (Å²) in [6.45, 7) is -0.0414. The number of aromatic nitrogens is 3. The van der Waals surface area contributed by atoms with Crippen molar-refractivity contribution in [3.05, 3.63) is 52.8 Å². The zero-order chi connectivity index (χ0) is 19.6. The lowest BCUT2D eigenvalue weighted by Gasteiger charge is -2.08. The minimum Gasteiger partial charge on any atom is -0.381 e. The second-order valence-corrected chi connectivity index (χ2v) is 5.79. The Morgan fingerprint density at radius 3 is 2.56 bits per heavy atom. The van der Waals surface area contributed by atoms with Crippen LogP contribution in [0.25, 0.3) is 10.8 Å². The van der Waals surface area contributed by atoms with Crippen LogP contribution < -0.4 is 5.32 Å². The van der Waals surface area contributed by atoms with Crippen molar-refractivity contribution in [2.75, 3.05) is 5.32 Å². The number of anilines is 1. The molecule has 0 fully saturated rings. The lowest BCUT2D eigenvalue weighted by molar-refractivity contribution is -0.193. The zero-order valence-corrected chi connectivity index (χ0v) is 14.1. The molecule has 0 radical (unpaired) electrons. The van der Waals surface area contributed by atoms with Gasteiger partial charge in [-0.2, -0.15) is 23.5 Å². The van der Waals surface area contributed by atoms with Gasteiger partial charge in [0.1, 0.15) is 5.69 Å². The molecule has 0 bridgehead atoms. The fourth-order valence-electron chi connectivity index (χ4n) is 2.24. The Hall–Kier alpha value is -3.14. The molecule has 1 heterocycles. The van der Waals surface area contributed by atoms with Gasteiger partial charge >= 0.3 is 18.1 Å². The van der Waals surface area contributed by atoms with Gasteiger partial charge in [0.05, 0.1) is 6.54 Å². The van der Waals surface area contributed by atoms with Crippen LogP contribution in [-0.4, -0.2) is 33.5 Å². The number of nitrogens with one attached hydrogen (secondary N) is 2. The summed E-state index contributed by atoms with van der Waals surface area (Å²) in [5.74, 6) is -4.17. The third kappa shape index (κ3) is 4.34. The standard InChI is InChI=1S/C16H10ClF3N4O3/c17-10-3-1-9-6-11(4-2-8(9)5-10)21-7-12-13(23-24-22-12)14(25)27-15(26)16(18,19)20/h1-6,21H,7H2,(H,22,23,24). The number of hydrogen-bond acceptors (Lipinski definition) is 6. The van der Waals surface area contributed by atoms with Crippen LogP contribution in [0, 0.1) is 0 Å². The minimum absolute atomic E-state index is 0.00817. The monoisotopic (exact) mass is 398 g/mol. The average Bonchev–Trinajstić information content (AvgIpc) is 3.07. The van der Waals surface area contributed by atoms with Gasteiger partial charge in [0.2, 0.25) is 0 Å². The predicted molar refractivity (Wildman–Crippen MR) is 89.1 cm³/mol. The van der Waals surface area contributed by atoms with Crippen LogP contribution >= 0.6 is 11.6 Å². The highest BCUT2D eigenvalue weighted by Gasteiger charge is 2.43. The molecule has 0 aliphatic carbocycles. The number of esters is 2. The van der Waals surface area contributed by atoms with Crippen molar-refractivity contribution in [3.63, 3.8) is 0 Å². The molecule has 0 spiro atoms. The summed E-state index contributed by atoms with van der Waals surface area (Å²) < 4.78 is 40.3. The van der Waals surface area contributed by atoms with Crippen molar-refractivity contribution in [1.82, 2.24) is 15.4 Å². The summed E-state index contributed by atoms with van der Waals surface area (Å²) in [6, 6.07) is 10.7.